The summed E-state index contributed by atoms with van der Waals surface area (Å²) in [6.07, 6.45) is 0.915. The molecule has 0 aliphatic rings. The van der Waals surface area contributed by atoms with Gasteiger partial charge in [0.05, 0.1) is 11.4 Å². The first kappa shape index (κ1) is 20.9. The molecule has 29 heavy (non-hydrogen) atoms. The van der Waals surface area contributed by atoms with Gasteiger partial charge in [-0.05, 0) is 43.8 Å². The molecule has 0 saturated carbocycles. The van der Waals surface area contributed by atoms with Crippen LogP contribution in [0.15, 0.2) is 46.2 Å². The van der Waals surface area contributed by atoms with Gasteiger partial charge in [-0.2, -0.15) is 0 Å². The van der Waals surface area contributed by atoms with Crippen LogP contribution in [-0.4, -0.2) is 34.5 Å². The monoisotopic (exact) mass is 413 g/mol. The molecule has 1 aromatic carbocycles. The van der Waals surface area contributed by atoms with E-state index in [-0.39, 0.29) is 17.7 Å². The van der Waals surface area contributed by atoms with Gasteiger partial charge in [-0.15, -0.1) is 21.5 Å². The predicted octanol–water partition coefficient (Wildman–Crippen LogP) is 2.82. The lowest BCUT2D eigenvalue weighted by atomic mass is 10.1. The zero-order chi connectivity index (χ0) is 20.8. The first-order valence-electron chi connectivity index (χ1n) is 9.60. The normalized spacial score (nSPS) is 13.1. The van der Waals surface area contributed by atoms with Gasteiger partial charge in [0, 0.05) is 11.3 Å². The number of hydrogen-bond acceptors (Lipinski definition) is 6. The van der Waals surface area contributed by atoms with Crippen molar-refractivity contribution in [3.8, 4) is 10.8 Å². The lowest BCUT2D eigenvalue weighted by molar-refractivity contribution is -0.928. The van der Waals surface area contributed by atoms with Gasteiger partial charge in [0.2, 0.25) is 0 Å². The van der Waals surface area contributed by atoms with Crippen LogP contribution in [0.4, 0.5) is 5.69 Å². The molecule has 0 aliphatic carbocycles. The third-order valence-electron chi connectivity index (χ3n) is 4.69. The van der Waals surface area contributed by atoms with Crippen molar-refractivity contribution in [3.05, 3.63) is 53.2 Å². The van der Waals surface area contributed by atoms with Gasteiger partial charge in [0.15, 0.2) is 18.4 Å². The van der Waals surface area contributed by atoms with E-state index in [2.05, 4.69) is 22.4 Å². The molecular formula is C21H25N4O3S+. The van der Waals surface area contributed by atoms with Crippen LogP contribution >= 0.6 is 11.3 Å². The van der Waals surface area contributed by atoms with Gasteiger partial charge >= 0.3 is 0 Å². The molecule has 1 amide bonds. The Morgan fingerprint density at radius 1 is 1.24 bits per heavy atom. The third kappa shape index (κ3) is 5.36. The molecule has 2 atom stereocenters. The van der Waals surface area contributed by atoms with Crippen LogP contribution in [0.5, 0.6) is 0 Å². The van der Waals surface area contributed by atoms with E-state index in [4.69, 9.17) is 4.42 Å². The van der Waals surface area contributed by atoms with Crippen LogP contribution in [0.2, 0.25) is 0 Å². The maximum atomic E-state index is 12.8. The molecule has 0 aliphatic heterocycles. The van der Waals surface area contributed by atoms with E-state index in [9.17, 15) is 9.59 Å². The SMILES string of the molecule is CCC[NH+](Cc1nnc(-c2cccs2)o1)[C@@H](C)C(=O)Nc1cccc(C(C)=O)c1. The van der Waals surface area contributed by atoms with Gasteiger partial charge in [-0.25, -0.2) is 0 Å². The van der Waals surface area contributed by atoms with Crippen LogP contribution < -0.4 is 10.2 Å². The Bertz CT molecular complexity index is 968. The summed E-state index contributed by atoms with van der Waals surface area (Å²) in [6.45, 7) is 6.72. The second kappa shape index (κ2) is 9.58. The lowest BCUT2D eigenvalue weighted by Crippen LogP contribution is -3.15. The molecule has 3 rings (SSSR count). The summed E-state index contributed by atoms with van der Waals surface area (Å²) in [4.78, 5) is 26.3. The summed E-state index contributed by atoms with van der Waals surface area (Å²) in [5, 5.41) is 13.1. The topological polar surface area (TPSA) is 89.5 Å². The summed E-state index contributed by atoms with van der Waals surface area (Å²) in [5.41, 5.74) is 1.18. The maximum absolute atomic E-state index is 12.8. The number of carbonyl (C=O) groups is 2. The minimum Gasteiger partial charge on any atom is -0.414 e. The maximum Gasteiger partial charge on any atom is 0.282 e. The molecule has 2 N–H and O–H groups in total. The minimum absolute atomic E-state index is 0.0367. The number of anilines is 1. The predicted molar refractivity (Wildman–Crippen MR) is 112 cm³/mol. The van der Waals surface area contributed by atoms with Gasteiger partial charge in [0.25, 0.3) is 17.7 Å². The Hall–Kier alpha value is -2.84. The zero-order valence-electron chi connectivity index (χ0n) is 16.8. The Balaban J connectivity index is 1.68. The van der Waals surface area contributed by atoms with E-state index < -0.39 is 0 Å². The molecule has 3 aromatic rings. The van der Waals surface area contributed by atoms with Crippen LogP contribution in [0.25, 0.3) is 10.8 Å². The first-order valence-corrected chi connectivity index (χ1v) is 10.5. The van der Waals surface area contributed by atoms with Crippen molar-refractivity contribution in [3.63, 3.8) is 0 Å². The van der Waals surface area contributed by atoms with Gasteiger partial charge in [-0.3, -0.25) is 9.59 Å². The highest BCUT2D eigenvalue weighted by Gasteiger charge is 2.27. The number of amides is 1. The Kier molecular flexibility index (Phi) is 6.90. The molecule has 0 radical (unpaired) electrons. The molecule has 8 heteroatoms. The fraction of sp³-hybridized carbons (Fsp3) is 0.333. The van der Waals surface area contributed by atoms with Crippen LogP contribution in [0, 0.1) is 0 Å². The second-order valence-corrected chi connectivity index (χ2v) is 7.86. The summed E-state index contributed by atoms with van der Waals surface area (Å²) in [5.74, 6) is 0.858. The average Bonchev–Trinajstić information content (AvgIpc) is 3.39. The molecule has 0 fully saturated rings. The molecule has 7 nitrogen and oxygen atoms in total. The van der Waals surface area contributed by atoms with E-state index in [1.807, 2.05) is 24.4 Å². The lowest BCUT2D eigenvalue weighted by Gasteiger charge is -2.23. The average molecular weight is 414 g/mol. The van der Waals surface area contributed by atoms with E-state index >= 15 is 0 Å². The summed E-state index contributed by atoms with van der Waals surface area (Å²) < 4.78 is 5.79. The molecule has 152 valence electrons. The quantitative estimate of drug-likeness (QED) is 0.527. The molecule has 2 aromatic heterocycles. The summed E-state index contributed by atoms with van der Waals surface area (Å²) in [6, 6.07) is 10.5. The summed E-state index contributed by atoms with van der Waals surface area (Å²) >= 11 is 1.54. The molecule has 0 spiro atoms. The molecule has 1 unspecified atom stereocenters. The fourth-order valence-electron chi connectivity index (χ4n) is 3.05. The smallest absolute Gasteiger partial charge is 0.282 e. The van der Waals surface area contributed by atoms with E-state index in [1.54, 1.807) is 35.6 Å². The van der Waals surface area contributed by atoms with E-state index in [0.29, 0.717) is 29.6 Å². The number of benzene rings is 1. The minimum atomic E-state index is -0.326. The van der Waals surface area contributed by atoms with Crippen molar-refractivity contribution < 1.29 is 18.9 Å². The highest BCUT2D eigenvalue weighted by Crippen LogP contribution is 2.22. The number of thiophene rings is 1. The summed E-state index contributed by atoms with van der Waals surface area (Å²) in [7, 11) is 0. The highest BCUT2D eigenvalue weighted by atomic mass is 32.1. The van der Waals surface area contributed by atoms with Crippen molar-refractivity contribution in [2.75, 3.05) is 11.9 Å². The van der Waals surface area contributed by atoms with Crippen molar-refractivity contribution in [1.29, 1.82) is 0 Å². The number of quaternary nitrogens is 1. The number of Topliss-reactive ketones (excluding diaryl/α,β-unsaturated/α-hetero) is 1. The fourth-order valence-corrected chi connectivity index (χ4v) is 3.69. The van der Waals surface area contributed by atoms with Crippen molar-refractivity contribution in [2.45, 2.75) is 39.8 Å². The van der Waals surface area contributed by atoms with E-state index in [1.165, 1.54) is 6.92 Å². The molecular weight excluding hydrogens is 388 g/mol. The van der Waals surface area contributed by atoms with E-state index in [0.717, 1.165) is 22.7 Å². The molecule has 0 bridgehead atoms. The number of rotatable bonds is 9. The third-order valence-corrected chi connectivity index (χ3v) is 5.55. The zero-order valence-corrected chi connectivity index (χ0v) is 17.6. The van der Waals surface area contributed by atoms with Crippen molar-refractivity contribution in [2.24, 2.45) is 0 Å². The van der Waals surface area contributed by atoms with Crippen molar-refractivity contribution >= 4 is 28.7 Å². The number of ketones is 1. The van der Waals surface area contributed by atoms with Crippen LogP contribution in [0.1, 0.15) is 43.4 Å². The molecule has 2 heterocycles. The number of aromatic nitrogens is 2. The standard InChI is InChI=1S/C21H24N4O3S/c1-4-10-25(13-19-23-24-21(28-19)18-9-6-11-29-18)14(2)20(27)22-17-8-5-7-16(12-17)15(3)26/h5-9,11-12,14H,4,10,13H2,1-3H3,(H,22,27)/p+1/t14-/m0/s1. The number of nitrogens with zero attached hydrogens (tertiary/aromatic N) is 2. The van der Waals surface area contributed by atoms with Gasteiger partial charge in [0.1, 0.15) is 0 Å². The van der Waals surface area contributed by atoms with Gasteiger partial charge in [-0.1, -0.05) is 25.1 Å². The van der Waals surface area contributed by atoms with Crippen LogP contribution in [0.3, 0.4) is 0 Å². The Morgan fingerprint density at radius 3 is 2.76 bits per heavy atom. The largest absolute Gasteiger partial charge is 0.414 e. The molecule has 0 saturated heterocycles. The first-order chi connectivity index (χ1) is 14.0. The number of hydrogen-bond donors (Lipinski definition) is 2. The Morgan fingerprint density at radius 2 is 2.07 bits per heavy atom. The highest BCUT2D eigenvalue weighted by molar-refractivity contribution is 7.13. The van der Waals surface area contributed by atoms with Gasteiger partial charge < -0.3 is 14.6 Å². The number of nitrogens with one attached hydrogen (secondary N) is 2. The second-order valence-electron chi connectivity index (χ2n) is 6.91. The Labute approximate surface area is 173 Å². The van der Waals surface area contributed by atoms with Crippen molar-refractivity contribution in [1.82, 2.24) is 10.2 Å². The number of carbonyl (C=O) groups excluding carboxylic acids is 2. The van der Waals surface area contributed by atoms with Crippen LogP contribution in [-0.2, 0) is 11.3 Å².